The molecule has 0 radical (unpaired) electrons. The summed E-state index contributed by atoms with van der Waals surface area (Å²) in [6.45, 7) is 3.60. The van der Waals surface area contributed by atoms with Gasteiger partial charge in [-0.15, -0.1) is 0 Å². The number of rotatable bonds is 7. The molecule has 0 atom stereocenters. The van der Waals surface area contributed by atoms with Crippen molar-refractivity contribution in [2.75, 3.05) is 32.2 Å². The Morgan fingerprint density at radius 2 is 2.22 bits per heavy atom. The quantitative estimate of drug-likeness (QED) is 0.627. The number of methoxy groups -OCH3 is 1. The summed E-state index contributed by atoms with van der Waals surface area (Å²) in [5.41, 5.74) is 3.85. The van der Waals surface area contributed by atoms with Gasteiger partial charge in [0.05, 0.1) is 24.3 Å². The molecule has 122 valence electrons. The van der Waals surface area contributed by atoms with Gasteiger partial charge in [-0.1, -0.05) is 6.07 Å². The number of carbonyl (C=O) groups is 1. The molecule has 5 nitrogen and oxygen atoms in total. The highest BCUT2D eigenvalue weighted by atomic mass is 16.5. The summed E-state index contributed by atoms with van der Waals surface area (Å²) in [5, 5.41) is 4.41. The number of benzene rings is 1. The van der Waals surface area contributed by atoms with Gasteiger partial charge in [0.25, 0.3) is 0 Å². The Balaban J connectivity index is 1.96. The van der Waals surface area contributed by atoms with Crippen molar-refractivity contribution in [1.29, 1.82) is 0 Å². The third kappa shape index (κ3) is 3.45. The second kappa shape index (κ2) is 6.96. The molecule has 0 saturated heterocycles. The fourth-order valence-corrected chi connectivity index (χ4v) is 2.78. The van der Waals surface area contributed by atoms with E-state index in [2.05, 4.69) is 16.4 Å². The van der Waals surface area contributed by atoms with Gasteiger partial charge in [-0.3, -0.25) is 4.98 Å². The van der Waals surface area contributed by atoms with Gasteiger partial charge in [0.1, 0.15) is 0 Å². The second-order valence-corrected chi connectivity index (χ2v) is 5.74. The van der Waals surface area contributed by atoms with E-state index in [4.69, 9.17) is 9.47 Å². The van der Waals surface area contributed by atoms with Crippen LogP contribution in [-0.4, -0.2) is 37.8 Å². The summed E-state index contributed by atoms with van der Waals surface area (Å²) < 4.78 is 10.2. The van der Waals surface area contributed by atoms with E-state index in [0.717, 1.165) is 23.1 Å². The van der Waals surface area contributed by atoms with E-state index in [1.54, 1.807) is 20.2 Å². The lowest BCUT2D eigenvalue weighted by atomic mass is 10.0. The summed E-state index contributed by atoms with van der Waals surface area (Å²) in [6, 6.07) is 5.94. The zero-order chi connectivity index (χ0) is 16.2. The monoisotopic (exact) mass is 314 g/mol. The number of nitrogens with one attached hydrogen (secondary N) is 1. The Morgan fingerprint density at radius 1 is 1.39 bits per heavy atom. The summed E-state index contributed by atoms with van der Waals surface area (Å²) in [7, 11) is 1.70. The maximum Gasteiger partial charge on any atom is 0.339 e. The highest BCUT2D eigenvalue weighted by molar-refractivity contribution is 5.96. The fraction of sp³-hybridized carbons (Fsp3) is 0.444. The van der Waals surface area contributed by atoms with Gasteiger partial charge in [-0.25, -0.2) is 4.79 Å². The molecule has 23 heavy (non-hydrogen) atoms. The number of aromatic nitrogens is 1. The van der Waals surface area contributed by atoms with Gasteiger partial charge in [-0.05, 0) is 37.8 Å². The minimum absolute atomic E-state index is 0.322. The van der Waals surface area contributed by atoms with Crippen LogP contribution >= 0.6 is 0 Å². The normalized spacial score (nSPS) is 14.0. The lowest BCUT2D eigenvalue weighted by molar-refractivity contribution is 0.0526. The molecule has 0 bridgehead atoms. The molecule has 1 aromatic heterocycles. The van der Waals surface area contributed by atoms with Crippen LogP contribution in [0, 0.1) is 0 Å². The van der Waals surface area contributed by atoms with Crippen molar-refractivity contribution in [3.05, 3.63) is 35.5 Å². The Labute approximate surface area is 136 Å². The fourth-order valence-electron chi connectivity index (χ4n) is 2.78. The van der Waals surface area contributed by atoms with Crippen LogP contribution < -0.4 is 5.32 Å². The Hall–Kier alpha value is -2.14. The first-order valence-corrected chi connectivity index (χ1v) is 8.07. The number of anilines is 1. The molecule has 1 heterocycles. The summed E-state index contributed by atoms with van der Waals surface area (Å²) in [4.78, 5) is 16.4. The van der Waals surface area contributed by atoms with Gasteiger partial charge in [0.2, 0.25) is 0 Å². The minimum Gasteiger partial charge on any atom is -0.462 e. The third-order valence-corrected chi connectivity index (χ3v) is 4.01. The number of fused-ring (bicyclic) bond motifs is 1. The van der Waals surface area contributed by atoms with Crippen molar-refractivity contribution in [1.82, 2.24) is 4.98 Å². The number of ether oxygens (including phenoxy) is 2. The molecule has 1 aromatic carbocycles. The lowest BCUT2D eigenvalue weighted by Crippen LogP contribution is -2.10. The average molecular weight is 314 g/mol. The van der Waals surface area contributed by atoms with Gasteiger partial charge >= 0.3 is 5.97 Å². The van der Waals surface area contributed by atoms with Gasteiger partial charge in [0, 0.05) is 36.5 Å². The molecule has 1 aliphatic rings. The maximum absolute atomic E-state index is 11.9. The van der Waals surface area contributed by atoms with Crippen LogP contribution in [0.3, 0.4) is 0 Å². The molecule has 3 rings (SSSR count). The lowest BCUT2D eigenvalue weighted by Gasteiger charge is -2.14. The molecule has 0 unspecified atom stereocenters. The van der Waals surface area contributed by atoms with Gasteiger partial charge in [-0.2, -0.15) is 0 Å². The van der Waals surface area contributed by atoms with Crippen molar-refractivity contribution < 1.29 is 14.3 Å². The number of carbonyl (C=O) groups excluding carboxylic acids is 1. The summed E-state index contributed by atoms with van der Waals surface area (Å²) >= 11 is 0. The zero-order valence-electron chi connectivity index (χ0n) is 13.6. The van der Waals surface area contributed by atoms with E-state index in [0.29, 0.717) is 24.7 Å². The predicted octanol–water partition coefficient (Wildman–Crippen LogP) is 3.35. The molecule has 1 N–H and O–H groups in total. The van der Waals surface area contributed by atoms with E-state index in [9.17, 15) is 4.79 Å². The molecule has 0 amide bonds. The highest BCUT2D eigenvalue weighted by Crippen LogP contribution is 2.46. The summed E-state index contributed by atoms with van der Waals surface area (Å²) in [5.74, 6) is 0.238. The second-order valence-electron chi connectivity index (χ2n) is 5.74. The Morgan fingerprint density at radius 3 is 2.91 bits per heavy atom. The van der Waals surface area contributed by atoms with E-state index < -0.39 is 0 Å². The first-order chi connectivity index (χ1) is 11.2. The van der Waals surface area contributed by atoms with Crippen molar-refractivity contribution in [3.63, 3.8) is 0 Å². The Kier molecular flexibility index (Phi) is 4.76. The van der Waals surface area contributed by atoms with Crippen LogP contribution in [0.2, 0.25) is 0 Å². The van der Waals surface area contributed by atoms with Crippen molar-refractivity contribution >= 4 is 22.6 Å². The molecule has 1 aliphatic carbocycles. The number of nitrogens with zero attached hydrogens (tertiary/aromatic N) is 1. The van der Waals surface area contributed by atoms with E-state index in [1.807, 2.05) is 12.1 Å². The molecule has 1 saturated carbocycles. The smallest absolute Gasteiger partial charge is 0.339 e. The third-order valence-electron chi connectivity index (χ3n) is 4.01. The topological polar surface area (TPSA) is 60.5 Å². The van der Waals surface area contributed by atoms with Crippen LogP contribution in [0.25, 0.3) is 10.9 Å². The standard InChI is InChI=1S/C18H22N2O3/c1-3-23-18(21)14-10-13-6-7-15(19-8-9-22-2)16(12-4-5-12)17(13)20-11-14/h6-7,10-12,19H,3-5,8-9H2,1-2H3. The molecule has 0 aliphatic heterocycles. The predicted molar refractivity (Wildman–Crippen MR) is 90.0 cm³/mol. The molecular weight excluding hydrogens is 292 g/mol. The molecule has 0 spiro atoms. The van der Waals surface area contributed by atoms with Crippen LogP contribution in [0.15, 0.2) is 24.4 Å². The van der Waals surface area contributed by atoms with Crippen LogP contribution in [0.5, 0.6) is 0 Å². The zero-order valence-corrected chi connectivity index (χ0v) is 13.6. The first kappa shape index (κ1) is 15.7. The largest absolute Gasteiger partial charge is 0.462 e. The molecule has 2 aromatic rings. The van der Waals surface area contributed by atoms with Gasteiger partial charge < -0.3 is 14.8 Å². The average Bonchev–Trinajstić information content (AvgIpc) is 3.39. The van der Waals surface area contributed by atoms with Gasteiger partial charge in [0.15, 0.2) is 0 Å². The highest BCUT2D eigenvalue weighted by Gasteiger charge is 2.29. The van der Waals surface area contributed by atoms with Crippen molar-refractivity contribution in [2.24, 2.45) is 0 Å². The minimum atomic E-state index is -0.322. The van der Waals surface area contributed by atoms with Crippen LogP contribution in [0.4, 0.5) is 5.69 Å². The van der Waals surface area contributed by atoms with E-state index in [1.165, 1.54) is 18.4 Å². The summed E-state index contributed by atoms with van der Waals surface area (Å²) in [6.07, 6.45) is 4.00. The number of hydrogen-bond donors (Lipinski definition) is 1. The molecular formula is C18H22N2O3. The molecule has 5 heteroatoms. The van der Waals surface area contributed by atoms with E-state index in [-0.39, 0.29) is 5.97 Å². The SMILES string of the molecule is CCOC(=O)c1cnc2c(C3CC3)c(NCCOC)ccc2c1. The number of esters is 1. The van der Waals surface area contributed by atoms with Crippen LogP contribution in [-0.2, 0) is 9.47 Å². The van der Waals surface area contributed by atoms with Crippen molar-refractivity contribution in [3.8, 4) is 0 Å². The van der Waals surface area contributed by atoms with Crippen molar-refractivity contribution in [2.45, 2.75) is 25.7 Å². The number of hydrogen-bond acceptors (Lipinski definition) is 5. The van der Waals surface area contributed by atoms with E-state index >= 15 is 0 Å². The molecule has 1 fully saturated rings. The Bertz CT molecular complexity index is 711. The number of pyridine rings is 1. The maximum atomic E-state index is 11.9. The van der Waals surface area contributed by atoms with Crippen LogP contribution in [0.1, 0.15) is 41.6 Å². The first-order valence-electron chi connectivity index (χ1n) is 8.07.